The molecule has 0 atom stereocenters. The van der Waals surface area contributed by atoms with E-state index in [1.807, 2.05) is 22.6 Å². The quantitative estimate of drug-likeness (QED) is 0.284. The average Bonchev–Trinajstić information content (AvgIpc) is 2.53. The number of urea groups is 1. The van der Waals surface area contributed by atoms with Crippen LogP contribution in [0.1, 0.15) is 17.6 Å². The van der Waals surface area contributed by atoms with Crippen LogP contribution in [0.4, 0.5) is 10.7 Å². The largest absolute Gasteiger partial charge is 1.00 e. The number of hydrogen-bond donors (Lipinski definition) is 2. The first-order valence-electron chi connectivity index (χ1n) is 6.60. The molecule has 0 unspecified atom stereocenters. The maximum absolute atomic E-state index is 12.5. The molecule has 13 heteroatoms. The molecule has 0 radical (unpaired) electrons. The summed E-state index contributed by atoms with van der Waals surface area (Å²) in [5.74, 6) is -0.611. The van der Waals surface area contributed by atoms with Crippen molar-refractivity contribution in [2.75, 3.05) is 12.4 Å². The number of methoxy groups -OCH3 is 1. The van der Waals surface area contributed by atoms with Crippen LogP contribution in [-0.4, -0.2) is 42.5 Å². The average molecular weight is 501 g/mol. The number of sulfonamides is 1. The van der Waals surface area contributed by atoms with Gasteiger partial charge in [-0.05, 0) is 47.7 Å². The third-order valence-electron chi connectivity index (χ3n) is 2.78. The second-order valence-corrected chi connectivity index (χ2v) is 7.44. The number of aryl methyl sites for hydroxylation is 1. The Morgan fingerprint density at radius 2 is 1.96 bits per heavy atom. The molecular formula is C13H13IN5NaO5S. The van der Waals surface area contributed by atoms with Crippen LogP contribution in [0.15, 0.2) is 29.4 Å². The van der Waals surface area contributed by atoms with Gasteiger partial charge in [-0.15, -0.1) is 0 Å². The molecule has 0 aliphatic rings. The van der Waals surface area contributed by atoms with Gasteiger partial charge < -0.3 is 6.16 Å². The summed E-state index contributed by atoms with van der Waals surface area (Å²) in [6.45, 7) is 1.58. The number of nitrogens with one attached hydrogen (secondary N) is 2. The number of carbonyl (C=O) groups excluding carboxylic acids is 2. The van der Waals surface area contributed by atoms with Crippen molar-refractivity contribution < 1.29 is 53.7 Å². The summed E-state index contributed by atoms with van der Waals surface area (Å²) in [6, 6.07) is 3.00. The summed E-state index contributed by atoms with van der Waals surface area (Å²) < 4.78 is 31.8. The summed E-state index contributed by atoms with van der Waals surface area (Å²) in [5.41, 5.74) is -0.195. The number of ether oxygens (including phenoxy) is 1. The van der Waals surface area contributed by atoms with Gasteiger partial charge in [-0.25, -0.2) is 32.7 Å². The maximum Gasteiger partial charge on any atom is 1.00 e. The van der Waals surface area contributed by atoms with E-state index in [4.69, 9.17) is 0 Å². The first-order chi connectivity index (χ1) is 11.7. The van der Waals surface area contributed by atoms with Gasteiger partial charge in [0.25, 0.3) is 10.0 Å². The number of halogens is 1. The van der Waals surface area contributed by atoms with Gasteiger partial charge in [0.1, 0.15) is 17.0 Å². The Morgan fingerprint density at radius 3 is 2.58 bits per heavy atom. The van der Waals surface area contributed by atoms with Crippen LogP contribution in [0, 0.1) is 10.5 Å². The minimum Gasteiger partial charge on any atom is -1.00 e. The zero-order chi connectivity index (χ0) is 18.6. The Kier molecular flexibility index (Phi) is 8.33. The molecule has 2 N–H and O–H groups in total. The number of benzene rings is 1. The third-order valence-corrected chi connectivity index (χ3v) is 4.83. The zero-order valence-electron chi connectivity index (χ0n) is 15.0. The molecule has 2 amide bonds. The predicted octanol–water partition coefficient (Wildman–Crippen LogP) is -1.80. The Balaban J connectivity index is 0.00000338. The van der Waals surface area contributed by atoms with Crippen molar-refractivity contribution in [3.63, 3.8) is 0 Å². The predicted molar refractivity (Wildman–Crippen MR) is 95.5 cm³/mol. The minimum absolute atomic E-state index is 0. The second-order valence-electron chi connectivity index (χ2n) is 4.55. The summed E-state index contributed by atoms with van der Waals surface area (Å²) in [7, 11) is -3.21. The summed E-state index contributed by atoms with van der Waals surface area (Å²) in [5, 5.41) is 2.18. The van der Waals surface area contributed by atoms with Crippen molar-refractivity contribution >= 4 is 50.6 Å². The van der Waals surface area contributed by atoms with Gasteiger partial charge in [-0.1, -0.05) is 0 Å². The number of hydrogen-bond acceptors (Lipinski definition) is 8. The SMILES string of the molecule is COC(=O)c1ccc(I)cc1S(=O)(=O)NC(=O)Nc1ncnc(C)n1.[H-].[Na+]. The van der Waals surface area contributed by atoms with Crippen LogP contribution in [-0.2, 0) is 14.8 Å². The number of carbonyl (C=O) groups is 2. The molecule has 26 heavy (non-hydrogen) atoms. The maximum atomic E-state index is 12.5. The third kappa shape index (κ3) is 5.84. The first kappa shape index (κ1) is 22.7. The molecule has 0 aliphatic carbocycles. The number of rotatable bonds is 4. The van der Waals surface area contributed by atoms with E-state index in [-0.39, 0.29) is 47.4 Å². The molecule has 0 saturated heterocycles. The second kappa shape index (κ2) is 9.55. The molecule has 2 rings (SSSR count). The smallest absolute Gasteiger partial charge is 1.00 e. The van der Waals surface area contributed by atoms with E-state index in [2.05, 4.69) is 25.0 Å². The summed E-state index contributed by atoms with van der Waals surface area (Å²) in [6.07, 6.45) is 1.17. The van der Waals surface area contributed by atoms with Crippen molar-refractivity contribution in [1.82, 2.24) is 19.7 Å². The van der Waals surface area contributed by atoms with Gasteiger partial charge in [0.05, 0.1) is 12.7 Å². The monoisotopic (exact) mass is 501 g/mol. The van der Waals surface area contributed by atoms with E-state index in [1.54, 1.807) is 17.7 Å². The van der Waals surface area contributed by atoms with E-state index in [0.29, 0.717) is 9.39 Å². The fourth-order valence-corrected chi connectivity index (χ4v) is 3.57. The van der Waals surface area contributed by atoms with E-state index in [0.717, 1.165) is 7.11 Å². The van der Waals surface area contributed by atoms with Crippen molar-refractivity contribution in [3.05, 3.63) is 39.5 Å². The van der Waals surface area contributed by atoms with Crippen LogP contribution in [0.2, 0.25) is 0 Å². The molecule has 1 heterocycles. The van der Waals surface area contributed by atoms with Crippen LogP contribution in [0.3, 0.4) is 0 Å². The van der Waals surface area contributed by atoms with Gasteiger partial charge in [0.15, 0.2) is 0 Å². The molecule has 1 aromatic carbocycles. The fraction of sp³-hybridized carbons (Fsp3) is 0.154. The minimum atomic E-state index is -4.34. The molecule has 0 fully saturated rings. The van der Waals surface area contributed by atoms with E-state index < -0.39 is 22.0 Å². The Morgan fingerprint density at radius 1 is 1.27 bits per heavy atom. The van der Waals surface area contributed by atoms with E-state index in [9.17, 15) is 18.0 Å². The van der Waals surface area contributed by atoms with Gasteiger partial charge >= 0.3 is 41.6 Å². The van der Waals surface area contributed by atoms with Crippen molar-refractivity contribution in [2.45, 2.75) is 11.8 Å². The number of esters is 1. The molecule has 10 nitrogen and oxygen atoms in total. The number of aromatic nitrogens is 3. The van der Waals surface area contributed by atoms with Gasteiger partial charge in [-0.3, -0.25) is 5.32 Å². The van der Waals surface area contributed by atoms with Crippen molar-refractivity contribution in [2.24, 2.45) is 0 Å². The summed E-state index contributed by atoms with van der Waals surface area (Å²) >= 11 is 1.88. The van der Waals surface area contributed by atoms with E-state index in [1.165, 1.54) is 18.5 Å². The van der Waals surface area contributed by atoms with Crippen LogP contribution in [0.5, 0.6) is 0 Å². The van der Waals surface area contributed by atoms with E-state index >= 15 is 0 Å². The molecule has 0 bridgehead atoms. The number of nitrogens with zero attached hydrogens (tertiary/aromatic N) is 3. The zero-order valence-corrected chi connectivity index (χ0v) is 19.0. The van der Waals surface area contributed by atoms with Crippen molar-refractivity contribution in [1.29, 1.82) is 0 Å². The molecule has 1 aromatic heterocycles. The Labute approximate surface area is 186 Å². The van der Waals surface area contributed by atoms with Gasteiger partial charge in [-0.2, -0.15) is 4.98 Å². The van der Waals surface area contributed by atoms with Crippen LogP contribution < -0.4 is 39.6 Å². The number of amides is 2. The van der Waals surface area contributed by atoms with Crippen LogP contribution in [0.25, 0.3) is 0 Å². The van der Waals surface area contributed by atoms with Gasteiger partial charge in [0, 0.05) is 3.57 Å². The molecule has 134 valence electrons. The fourth-order valence-electron chi connectivity index (χ4n) is 1.74. The summed E-state index contributed by atoms with van der Waals surface area (Å²) in [4.78, 5) is 34.6. The molecule has 0 aliphatic heterocycles. The normalized spacial score (nSPS) is 10.4. The van der Waals surface area contributed by atoms with Gasteiger partial charge in [0.2, 0.25) is 5.95 Å². The van der Waals surface area contributed by atoms with Crippen molar-refractivity contribution in [3.8, 4) is 0 Å². The Bertz CT molecular complexity index is 946. The van der Waals surface area contributed by atoms with Crippen LogP contribution >= 0.6 is 22.6 Å². The standard InChI is InChI=1S/C13H12IN5O5S.Na.H/c1-7-15-6-16-12(17-7)18-13(21)19-25(22,23)10-5-8(14)3-4-9(10)11(20)24-2;;/h3-6H,1-2H3,(H2,15,16,17,18,19,21);;/q;+1;-1. The molecular weight excluding hydrogens is 488 g/mol. The molecule has 0 saturated carbocycles. The molecule has 2 aromatic rings. The molecule has 0 spiro atoms. The Hall–Kier alpha value is -1.35. The number of anilines is 1. The topological polar surface area (TPSA) is 140 Å². The first-order valence-corrected chi connectivity index (χ1v) is 9.16.